The van der Waals surface area contributed by atoms with Crippen molar-refractivity contribution in [3.63, 3.8) is 0 Å². The highest BCUT2D eigenvalue weighted by Crippen LogP contribution is 2.22. The summed E-state index contributed by atoms with van der Waals surface area (Å²) < 4.78 is 13.4. The summed E-state index contributed by atoms with van der Waals surface area (Å²) in [6, 6.07) is 10.7. The number of hydrogen-bond acceptors (Lipinski definition) is 3. The molecule has 0 aliphatic carbocycles. The smallest absolute Gasteiger partial charge is 0.269 e. The Kier molecular flexibility index (Phi) is 4.65. The topological polar surface area (TPSA) is 55.2 Å². The summed E-state index contributed by atoms with van der Waals surface area (Å²) in [6.07, 6.45) is 0. The monoisotopic (exact) mass is 294 g/mol. The van der Waals surface area contributed by atoms with Gasteiger partial charge in [0.15, 0.2) is 0 Å². The van der Waals surface area contributed by atoms with Crippen LogP contribution in [0, 0.1) is 15.9 Å². The van der Waals surface area contributed by atoms with Crippen LogP contribution in [-0.4, -0.2) is 4.92 Å². The van der Waals surface area contributed by atoms with E-state index in [2.05, 4.69) is 5.32 Å². The van der Waals surface area contributed by atoms with E-state index in [-0.39, 0.29) is 11.5 Å². The average molecular weight is 295 g/mol. The normalized spacial score (nSPS) is 10.5. The molecule has 20 heavy (non-hydrogen) atoms. The molecule has 6 heteroatoms. The summed E-state index contributed by atoms with van der Waals surface area (Å²) in [5.41, 5.74) is 1.13. The van der Waals surface area contributed by atoms with Gasteiger partial charge in [0.05, 0.1) is 4.92 Å². The van der Waals surface area contributed by atoms with Crippen molar-refractivity contribution in [2.75, 3.05) is 0 Å². The van der Waals surface area contributed by atoms with Gasteiger partial charge in [0.1, 0.15) is 5.82 Å². The highest BCUT2D eigenvalue weighted by molar-refractivity contribution is 6.31. The number of nitro groups is 1. The third-order valence-corrected chi connectivity index (χ3v) is 3.20. The molecule has 0 spiro atoms. The third-order valence-electron chi connectivity index (χ3n) is 2.83. The van der Waals surface area contributed by atoms with Crippen LogP contribution in [-0.2, 0) is 13.1 Å². The van der Waals surface area contributed by atoms with Gasteiger partial charge >= 0.3 is 0 Å². The molecule has 104 valence electrons. The molecule has 0 atom stereocenters. The number of halogens is 2. The number of nitro benzene ring substituents is 1. The fourth-order valence-electron chi connectivity index (χ4n) is 1.78. The van der Waals surface area contributed by atoms with Gasteiger partial charge in [0.2, 0.25) is 0 Å². The number of rotatable bonds is 5. The van der Waals surface area contributed by atoms with E-state index in [4.69, 9.17) is 11.6 Å². The van der Waals surface area contributed by atoms with Crippen molar-refractivity contribution in [2.24, 2.45) is 0 Å². The molecule has 2 rings (SSSR count). The molecule has 0 heterocycles. The Hall–Kier alpha value is -1.98. The summed E-state index contributed by atoms with van der Waals surface area (Å²) in [6.45, 7) is 0.653. The second kappa shape index (κ2) is 6.45. The fourth-order valence-corrected chi connectivity index (χ4v) is 1.97. The first-order chi connectivity index (χ1) is 9.58. The Bertz CT molecular complexity index is 634. The molecular formula is C14H12ClFN2O2. The summed E-state index contributed by atoms with van der Waals surface area (Å²) in [5.74, 6) is -0.287. The molecule has 0 bridgehead atoms. The summed E-state index contributed by atoms with van der Waals surface area (Å²) in [4.78, 5) is 10.2. The molecule has 4 nitrogen and oxygen atoms in total. The van der Waals surface area contributed by atoms with Gasteiger partial charge in [-0.05, 0) is 17.7 Å². The van der Waals surface area contributed by atoms with E-state index in [0.717, 1.165) is 0 Å². The molecule has 0 fully saturated rings. The number of non-ortho nitro benzene ring substituents is 1. The van der Waals surface area contributed by atoms with E-state index < -0.39 is 4.92 Å². The SMILES string of the molecule is O=[N+]([O-])c1ccc(Cl)c(CNCc2ccccc2F)c1. The Morgan fingerprint density at radius 3 is 2.55 bits per heavy atom. The first-order valence-corrected chi connectivity index (χ1v) is 6.32. The largest absolute Gasteiger partial charge is 0.308 e. The van der Waals surface area contributed by atoms with E-state index in [0.29, 0.717) is 29.2 Å². The van der Waals surface area contributed by atoms with E-state index >= 15 is 0 Å². The lowest BCUT2D eigenvalue weighted by Gasteiger charge is -2.07. The summed E-state index contributed by atoms with van der Waals surface area (Å²) in [5, 5.41) is 14.2. The lowest BCUT2D eigenvalue weighted by molar-refractivity contribution is -0.384. The van der Waals surface area contributed by atoms with Crippen molar-refractivity contribution in [1.29, 1.82) is 0 Å². The second-order valence-corrected chi connectivity index (χ2v) is 4.63. The second-order valence-electron chi connectivity index (χ2n) is 4.23. The van der Waals surface area contributed by atoms with Crippen LogP contribution in [0.5, 0.6) is 0 Å². The Morgan fingerprint density at radius 2 is 1.85 bits per heavy atom. The van der Waals surface area contributed by atoms with Crippen molar-refractivity contribution in [3.05, 3.63) is 74.5 Å². The molecule has 1 N–H and O–H groups in total. The minimum absolute atomic E-state index is 0.0166. The van der Waals surface area contributed by atoms with E-state index in [1.54, 1.807) is 18.2 Å². The molecule has 0 saturated carbocycles. The van der Waals surface area contributed by atoms with Crippen LogP contribution in [0.15, 0.2) is 42.5 Å². The van der Waals surface area contributed by atoms with Crippen molar-refractivity contribution in [3.8, 4) is 0 Å². The molecule has 0 aliphatic heterocycles. The van der Waals surface area contributed by atoms with Crippen LogP contribution in [0.1, 0.15) is 11.1 Å². The third kappa shape index (κ3) is 3.53. The van der Waals surface area contributed by atoms with Crippen molar-refractivity contribution >= 4 is 17.3 Å². The zero-order chi connectivity index (χ0) is 14.5. The fraction of sp³-hybridized carbons (Fsp3) is 0.143. The number of nitrogens with zero attached hydrogens (tertiary/aromatic N) is 1. The van der Waals surface area contributed by atoms with E-state index in [9.17, 15) is 14.5 Å². The lowest BCUT2D eigenvalue weighted by atomic mass is 10.2. The highest BCUT2D eigenvalue weighted by atomic mass is 35.5. The quantitative estimate of drug-likeness (QED) is 0.676. The van der Waals surface area contributed by atoms with Crippen LogP contribution in [0.4, 0.5) is 10.1 Å². The maximum atomic E-state index is 13.4. The number of hydrogen-bond donors (Lipinski definition) is 1. The van der Waals surface area contributed by atoms with Gasteiger partial charge in [-0.1, -0.05) is 29.8 Å². The van der Waals surface area contributed by atoms with Crippen LogP contribution in [0.2, 0.25) is 5.02 Å². The zero-order valence-electron chi connectivity index (χ0n) is 10.5. The van der Waals surface area contributed by atoms with E-state index in [1.165, 1.54) is 24.3 Å². The lowest BCUT2D eigenvalue weighted by Crippen LogP contribution is -2.14. The maximum Gasteiger partial charge on any atom is 0.269 e. The summed E-state index contributed by atoms with van der Waals surface area (Å²) >= 11 is 5.98. The van der Waals surface area contributed by atoms with Crippen LogP contribution in [0.3, 0.4) is 0 Å². The predicted octanol–water partition coefficient (Wildman–Crippen LogP) is 3.68. The summed E-state index contributed by atoms with van der Waals surface area (Å²) in [7, 11) is 0. The van der Waals surface area contributed by atoms with Gasteiger partial charge < -0.3 is 5.32 Å². The molecule has 2 aromatic rings. The van der Waals surface area contributed by atoms with Crippen LogP contribution >= 0.6 is 11.6 Å². The maximum absolute atomic E-state index is 13.4. The molecule has 0 radical (unpaired) electrons. The molecule has 0 amide bonds. The standard InChI is InChI=1S/C14H12ClFN2O2/c15-13-6-5-12(18(19)20)7-11(13)9-17-8-10-3-1-2-4-14(10)16/h1-7,17H,8-9H2. The Balaban J connectivity index is 2.02. The average Bonchev–Trinajstić information content (AvgIpc) is 2.42. The van der Waals surface area contributed by atoms with Gasteiger partial charge in [0, 0.05) is 35.8 Å². The number of nitrogens with one attached hydrogen (secondary N) is 1. The molecule has 0 aromatic heterocycles. The minimum Gasteiger partial charge on any atom is -0.308 e. The van der Waals surface area contributed by atoms with Crippen LogP contribution < -0.4 is 5.32 Å². The van der Waals surface area contributed by atoms with Gasteiger partial charge in [-0.2, -0.15) is 0 Å². The highest BCUT2D eigenvalue weighted by Gasteiger charge is 2.09. The van der Waals surface area contributed by atoms with Gasteiger partial charge in [0.25, 0.3) is 5.69 Å². The van der Waals surface area contributed by atoms with Gasteiger partial charge in [-0.3, -0.25) is 10.1 Å². The molecule has 0 saturated heterocycles. The van der Waals surface area contributed by atoms with Crippen molar-refractivity contribution in [1.82, 2.24) is 5.32 Å². The molecule has 0 unspecified atom stereocenters. The molecular weight excluding hydrogens is 283 g/mol. The Labute approximate surface area is 120 Å². The van der Waals surface area contributed by atoms with Gasteiger partial charge in [-0.25, -0.2) is 4.39 Å². The molecule has 0 aliphatic rings. The van der Waals surface area contributed by atoms with Crippen molar-refractivity contribution in [2.45, 2.75) is 13.1 Å². The zero-order valence-corrected chi connectivity index (χ0v) is 11.2. The van der Waals surface area contributed by atoms with Crippen LogP contribution in [0.25, 0.3) is 0 Å². The first-order valence-electron chi connectivity index (χ1n) is 5.95. The first kappa shape index (κ1) is 14.4. The van der Waals surface area contributed by atoms with Gasteiger partial charge in [-0.15, -0.1) is 0 Å². The number of benzene rings is 2. The van der Waals surface area contributed by atoms with E-state index in [1.807, 2.05) is 0 Å². The molecule has 2 aromatic carbocycles. The minimum atomic E-state index is -0.476. The Morgan fingerprint density at radius 1 is 1.15 bits per heavy atom. The predicted molar refractivity (Wildman–Crippen MR) is 75.1 cm³/mol. The van der Waals surface area contributed by atoms with Crippen molar-refractivity contribution < 1.29 is 9.31 Å².